The lowest BCUT2D eigenvalue weighted by molar-refractivity contribution is -0.149. The number of hydrogen-bond donors (Lipinski definition) is 3. The van der Waals surface area contributed by atoms with Crippen molar-refractivity contribution >= 4 is 11.7 Å². The van der Waals surface area contributed by atoms with E-state index in [1.807, 2.05) is 13.8 Å². The second-order valence-electron chi connectivity index (χ2n) is 4.44. The van der Waals surface area contributed by atoms with E-state index in [0.717, 1.165) is 0 Å². The summed E-state index contributed by atoms with van der Waals surface area (Å²) >= 11 is 0. The second kappa shape index (κ2) is 4.28. The zero-order valence-corrected chi connectivity index (χ0v) is 8.99. The maximum absolute atomic E-state index is 11.7. The van der Waals surface area contributed by atoms with Crippen LogP contribution < -0.4 is 5.32 Å². The Hall–Kier alpha value is -0.940. The van der Waals surface area contributed by atoms with E-state index in [4.69, 9.17) is 5.11 Å². The minimum atomic E-state index is -1.93. The van der Waals surface area contributed by atoms with Crippen molar-refractivity contribution in [2.75, 3.05) is 6.61 Å². The van der Waals surface area contributed by atoms with Gasteiger partial charge in [0, 0.05) is 12.8 Å². The second-order valence-corrected chi connectivity index (χ2v) is 4.44. The van der Waals surface area contributed by atoms with Gasteiger partial charge in [-0.05, 0) is 5.92 Å². The molecular weight excluding hydrogens is 198 g/mol. The van der Waals surface area contributed by atoms with Crippen molar-refractivity contribution in [1.29, 1.82) is 0 Å². The van der Waals surface area contributed by atoms with Gasteiger partial charge in [-0.1, -0.05) is 13.8 Å². The first kappa shape index (κ1) is 12.1. The number of hydrogen-bond acceptors (Lipinski definition) is 4. The van der Waals surface area contributed by atoms with Gasteiger partial charge in [0.2, 0.25) is 5.60 Å². The maximum Gasteiger partial charge on any atom is 0.260 e. The van der Waals surface area contributed by atoms with Crippen LogP contribution in [0.5, 0.6) is 0 Å². The number of carbonyl (C=O) groups is 2. The Labute approximate surface area is 88.5 Å². The molecule has 86 valence electrons. The summed E-state index contributed by atoms with van der Waals surface area (Å²) in [5.41, 5.74) is -1.93. The van der Waals surface area contributed by atoms with Crippen LogP contribution in [-0.2, 0) is 9.59 Å². The SMILES string of the molecule is CC(C)CC(=O)C1(O)C[C@@H](CO)NC1=O. The van der Waals surface area contributed by atoms with E-state index in [-0.39, 0.29) is 25.4 Å². The fraction of sp³-hybridized carbons (Fsp3) is 0.800. The Bertz CT molecular complexity index is 277. The average Bonchev–Trinajstić information content (AvgIpc) is 2.43. The Kier molecular flexibility index (Phi) is 3.46. The number of amides is 1. The first-order valence-corrected chi connectivity index (χ1v) is 5.07. The van der Waals surface area contributed by atoms with E-state index in [0.29, 0.717) is 0 Å². The summed E-state index contributed by atoms with van der Waals surface area (Å²) in [7, 11) is 0. The molecule has 0 aliphatic carbocycles. The fourth-order valence-corrected chi connectivity index (χ4v) is 1.70. The number of Topliss-reactive ketones (excluding diaryl/α,β-unsaturated/α-hetero) is 1. The number of aliphatic hydroxyl groups excluding tert-OH is 1. The van der Waals surface area contributed by atoms with Gasteiger partial charge in [0.05, 0.1) is 12.6 Å². The highest BCUT2D eigenvalue weighted by Crippen LogP contribution is 2.24. The van der Waals surface area contributed by atoms with E-state index >= 15 is 0 Å². The molecule has 5 nitrogen and oxygen atoms in total. The zero-order chi connectivity index (χ0) is 11.6. The Morgan fingerprint density at radius 3 is 2.67 bits per heavy atom. The molecule has 2 atom stereocenters. The Morgan fingerprint density at radius 2 is 2.27 bits per heavy atom. The van der Waals surface area contributed by atoms with Crippen LogP contribution in [0.3, 0.4) is 0 Å². The molecule has 15 heavy (non-hydrogen) atoms. The molecule has 0 aromatic heterocycles. The molecule has 0 bridgehead atoms. The molecule has 1 rings (SSSR count). The minimum Gasteiger partial charge on any atom is -0.394 e. The van der Waals surface area contributed by atoms with Gasteiger partial charge in [0.25, 0.3) is 5.91 Å². The van der Waals surface area contributed by atoms with E-state index in [2.05, 4.69) is 5.32 Å². The van der Waals surface area contributed by atoms with E-state index in [1.165, 1.54) is 0 Å². The van der Waals surface area contributed by atoms with Gasteiger partial charge in [0.1, 0.15) is 0 Å². The number of ketones is 1. The Morgan fingerprint density at radius 1 is 1.67 bits per heavy atom. The molecule has 0 spiro atoms. The summed E-state index contributed by atoms with van der Waals surface area (Å²) in [4.78, 5) is 23.1. The highest BCUT2D eigenvalue weighted by Gasteiger charge is 2.50. The summed E-state index contributed by atoms with van der Waals surface area (Å²) in [5.74, 6) is -1.05. The van der Waals surface area contributed by atoms with Gasteiger partial charge >= 0.3 is 0 Å². The lowest BCUT2D eigenvalue weighted by Gasteiger charge is -2.18. The highest BCUT2D eigenvalue weighted by atomic mass is 16.3. The van der Waals surface area contributed by atoms with E-state index in [1.54, 1.807) is 0 Å². The topological polar surface area (TPSA) is 86.6 Å². The van der Waals surface area contributed by atoms with Crippen LogP contribution in [0.4, 0.5) is 0 Å². The molecule has 5 heteroatoms. The lowest BCUT2D eigenvalue weighted by atomic mass is 9.89. The first-order valence-electron chi connectivity index (χ1n) is 5.07. The third-order valence-corrected chi connectivity index (χ3v) is 2.53. The van der Waals surface area contributed by atoms with Gasteiger partial charge in [-0.15, -0.1) is 0 Å². The van der Waals surface area contributed by atoms with Crippen LogP contribution >= 0.6 is 0 Å². The molecule has 3 N–H and O–H groups in total. The summed E-state index contributed by atoms with van der Waals surface area (Å²) in [6.45, 7) is 3.43. The smallest absolute Gasteiger partial charge is 0.260 e. The maximum atomic E-state index is 11.7. The predicted molar refractivity (Wildman–Crippen MR) is 53.0 cm³/mol. The third-order valence-electron chi connectivity index (χ3n) is 2.53. The monoisotopic (exact) mass is 215 g/mol. The molecule has 0 aromatic rings. The van der Waals surface area contributed by atoms with Gasteiger partial charge in [-0.3, -0.25) is 9.59 Å². The summed E-state index contributed by atoms with van der Waals surface area (Å²) in [6.07, 6.45) is 0.135. The average molecular weight is 215 g/mol. The number of aliphatic hydroxyl groups is 2. The predicted octanol–water partition coefficient (Wildman–Crippen LogP) is -0.787. The van der Waals surface area contributed by atoms with Gasteiger partial charge in [-0.2, -0.15) is 0 Å². The molecule has 1 saturated heterocycles. The third kappa shape index (κ3) is 2.35. The minimum absolute atomic E-state index is 0.0338. The molecule has 0 saturated carbocycles. The summed E-state index contributed by atoms with van der Waals surface area (Å²) in [5, 5.41) is 21.1. The van der Waals surface area contributed by atoms with E-state index in [9.17, 15) is 14.7 Å². The molecule has 0 aromatic carbocycles. The molecule has 0 radical (unpaired) electrons. The first-order chi connectivity index (χ1) is 6.90. The van der Waals surface area contributed by atoms with Crippen LogP contribution in [0.15, 0.2) is 0 Å². The van der Waals surface area contributed by atoms with E-state index < -0.39 is 23.3 Å². The fourth-order valence-electron chi connectivity index (χ4n) is 1.70. The molecule has 1 aliphatic rings. The molecular formula is C10H17NO4. The van der Waals surface area contributed by atoms with Crippen molar-refractivity contribution in [3.05, 3.63) is 0 Å². The molecule has 1 amide bonds. The quantitative estimate of drug-likeness (QED) is 0.537. The number of rotatable bonds is 4. The van der Waals surface area contributed by atoms with Crippen LogP contribution in [0.2, 0.25) is 0 Å². The largest absolute Gasteiger partial charge is 0.394 e. The van der Waals surface area contributed by atoms with Crippen LogP contribution in [0, 0.1) is 5.92 Å². The van der Waals surface area contributed by atoms with Crippen molar-refractivity contribution in [3.8, 4) is 0 Å². The molecule has 1 fully saturated rings. The van der Waals surface area contributed by atoms with Crippen molar-refractivity contribution in [2.24, 2.45) is 5.92 Å². The van der Waals surface area contributed by atoms with Crippen molar-refractivity contribution in [1.82, 2.24) is 5.32 Å². The Balaban J connectivity index is 2.74. The number of carbonyl (C=O) groups excluding carboxylic acids is 2. The lowest BCUT2D eigenvalue weighted by Crippen LogP contribution is -2.46. The summed E-state index contributed by atoms with van der Waals surface area (Å²) in [6, 6.07) is -0.515. The van der Waals surface area contributed by atoms with Gasteiger partial charge < -0.3 is 15.5 Å². The molecule has 1 aliphatic heterocycles. The van der Waals surface area contributed by atoms with Gasteiger partial charge in [-0.25, -0.2) is 0 Å². The van der Waals surface area contributed by atoms with Crippen molar-refractivity contribution in [3.63, 3.8) is 0 Å². The van der Waals surface area contributed by atoms with Crippen molar-refractivity contribution < 1.29 is 19.8 Å². The summed E-state index contributed by atoms with van der Waals surface area (Å²) < 4.78 is 0. The molecule has 1 heterocycles. The zero-order valence-electron chi connectivity index (χ0n) is 8.99. The van der Waals surface area contributed by atoms with Crippen LogP contribution in [-0.4, -0.2) is 40.2 Å². The highest BCUT2D eigenvalue weighted by molar-refractivity contribution is 6.10. The standard InChI is InChI=1S/C10H17NO4/c1-6(2)3-8(13)10(15)4-7(5-12)11-9(10)14/h6-7,12,15H,3-5H2,1-2H3,(H,11,14)/t7-,10?/m0/s1. The van der Waals surface area contributed by atoms with Crippen LogP contribution in [0.25, 0.3) is 0 Å². The van der Waals surface area contributed by atoms with Crippen molar-refractivity contribution in [2.45, 2.75) is 38.3 Å². The van der Waals surface area contributed by atoms with Gasteiger partial charge in [0.15, 0.2) is 5.78 Å². The molecule has 1 unspecified atom stereocenters. The van der Waals surface area contributed by atoms with Crippen LogP contribution in [0.1, 0.15) is 26.7 Å². The number of nitrogens with one attached hydrogen (secondary N) is 1. The normalized spacial score (nSPS) is 30.7.